The standard InChI is InChI=1S/C26H30N4O4S/c1-19-16-29(17-20-11-15-34-18-20)13-14-30(19)26(31)22-7-9-23(10-8-22)28-35(32,33)24-6-2-4-21-5-3-12-27-25(21)24/h2-10,12,19-20,28H,11,13-18H2,1H3/t19-,20+/m0/s1. The van der Waals surface area contributed by atoms with Crippen molar-refractivity contribution in [1.29, 1.82) is 0 Å². The molecule has 0 unspecified atom stereocenters. The van der Waals surface area contributed by atoms with E-state index < -0.39 is 10.0 Å². The van der Waals surface area contributed by atoms with Crippen LogP contribution in [0, 0.1) is 5.92 Å². The monoisotopic (exact) mass is 494 g/mol. The molecule has 2 aromatic carbocycles. The van der Waals surface area contributed by atoms with Crippen LogP contribution in [0.5, 0.6) is 0 Å². The largest absolute Gasteiger partial charge is 0.381 e. The molecule has 5 rings (SSSR count). The first-order valence-corrected chi connectivity index (χ1v) is 13.5. The molecule has 2 aliphatic rings. The maximum absolute atomic E-state index is 13.2. The van der Waals surface area contributed by atoms with Gasteiger partial charge in [-0.25, -0.2) is 8.42 Å². The van der Waals surface area contributed by atoms with Crippen molar-refractivity contribution in [2.75, 3.05) is 44.1 Å². The highest BCUT2D eigenvalue weighted by Crippen LogP contribution is 2.24. The Bertz CT molecular complexity index is 1300. The second-order valence-electron chi connectivity index (χ2n) is 9.35. The minimum absolute atomic E-state index is 0.0333. The molecule has 1 aromatic heterocycles. The van der Waals surface area contributed by atoms with Crippen LogP contribution in [0.1, 0.15) is 23.7 Å². The number of hydrogen-bond donors (Lipinski definition) is 1. The molecule has 3 aromatic rings. The number of nitrogens with one attached hydrogen (secondary N) is 1. The summed E-state index contributed by atoms with van der Waals surface area (Å²) in [5.41, 5.74) is 1.36. The van der Waals surface area contributed by atoms with Gasteiger partial charge in [-0.2, -0.15) is 0 Å². The first-order valence-electron chi connectivity index (χ1n) is 12.0. The fourth-order valence-electron chi connectivity index (χ4n) is 4.94. The summed E-state index contributed by atoms with van der Waals surface area (Å²) in [5, 5.41) is 0.752. The van der Waals surface area contributed by atoms with Crippen LogP contribution in [-0.4, -0.2) is 74.5 Å². The number of rotatable bonds is 6. The van der Waals surface area contributed by atoms with Gasteiger partial charge in [0.25, 0.3) is 15.9 Å². The van der Waals surface area contributed by atoms with Gasteiger partial charge in [-0.05, 0) is 55.7 Å². The average Bonchev–Trinajstić information content (AvgIpc) is 3.37. The van der Waals surface area contributed by atoms with Gasteiger partial charge in [0.2, 0.25) is 0 Å². The van der Waals surface area contributed by atoms with E-state index in [2.05, 4.69) is 21.5 Å². The maximum Gasteiger partial charge on any atom is 0.264 e. The third-order valence-electron chi connectivity index (χ3n) is 6.78. The zero-order valence-electron chi connectivity index (χ0n) is 19.8. The van der Waals surface area contributed by atoms with Gasteiger partial charge >= 0.3 is 0 Å². The number of sulfonamides is 1. The quantitative estimate of drug-likeness (QED) is 0.566. The van der Waals surface area contributed by atoms with E-state index in [1.165, 1.54) is 6.07 Å². The average molecular weight is 495 g/mol. The van der Waals surface area contributed by atoms with Crippen molar-refractivity contribution in [2.24, 2.45) is 5.92 Å². The number of carbonyl (C=O) groups excluding carboxylic acids is 1. The van der Waals surface area contributed by atoms with Crippen LogP contribution in [0.2, 0.25) is 0 Å². The molecule has 2 atom stereocenters. The molecule has 2 saturated heterocycles. The summed E-state index contributed by atoms with van der Waals surface area (Å²) in [6, 6.07) is 15.4. The van der Waals surface area contributed by atoms with E-state index in [0.29, 0.717) is 29.2 Å². The van der Waals surface area contributed by atoms with Gasteiger partial charge in [0, 0.05) is 61.7 Å². The van der Waals surface area contributed by atoms with E-state index in [-0.39, 0.29) is 16.8 Å². The van der Waals surface area contributed by atoms with Crippen LogP contribution in [0.3, 0.4) is 0 Å². The predicted octanol–water partition coefficient (Wildman–Crippen LogP) is 3.22. The number of piperazine rings is 1. The molecular formula is C26H30N4O4S. The van der Waals surface area contributed by atoms with Gasteiger partial charge < -0.3 is 9.64 Å². The Morgan fingerprint density at radius 2 is 1.91 bits per heavy atom. The van der Waals surface area contributed by atoms with E-state index >= 15 is 0 Å². The van der Waals surface area contributed by atoms with Crippen LogP contribution >= 0.6 is 0 Å². The second kappa shape index (κ2) is 9.93. The molecule has 0 saturated carbocycles. The lowest BCUT2D eigenvalue weighted by atomic mass is 10.1. The molecule has 0 bridgehead atoms. The summed E-state index contributed by atoms with van der Waals surface area (Å²) in [5.74, 6) is 0.555. The molecule has 2 fully saturated rings. The highest BCUT2D eigenvalue weighted by Gasteiger charge is 2.30. The molecule has 1 amide bonds. The first-order chi connectivity index (χ1) is 16.9. The lowest BCUT2D eigenvalue weighted by molar-refractivity contribution is 0.0452. The van der Waals surface area contributed by atoms with E-state index in [9.17, 15) is 13.2 Å². The number of amides is 1. The molecule has 8 nitrogen and oxygen atoms in total. The Morgan fingerprint density at radius 1 is 1.11 bits per heavy atom. The van der Waals surface area contributed by atoms with Crippen LogP contribution in [-0.2, 0) is 14.8 Å². The third-order valence-corrected chi connectivity index (χ3v) is 8.20. The fourth-order valence-corrected chi connectivity index (χ4v) is 6.18. The lowest BCUT2D eigenvalue weighted by Gasteiger charge is -2.40. The molecule has 2 aliphatic heterocycles. The van der Waals surface area contributed by atoms with Crippen LogP contribution < -0.4 is 4.72 Å². The summed E-state index contributed by atoms with van der Waals surface area (Å²) in [7, 11) is -3.84. The molecule has 1 N–H and O–H groups in total. The molecule has 184 valence electrons. The summed E-state index contributed by atoms with van der Waals surface area (Å²) < 4.78 is 34.2. The third kappa shape index (κ3) is 5.17. The zero-order chi connectivity index (χ0) is 24.4. The summed E-state index contributed by atoms with van der Waals surface area (Å²) >= 11 is 0. The number of aromatic nitrogens is 1. The van der Waals surface area contributed by atoms with E-state index in [0.717, 1.165) is 44.7 Å². The van der Waals surface area contributed by atoms with Crippen molar-refractivity contribution in [3.05, 3.63) is 66.4 Å². The van der Waals surface area contributed by atoms with Gasteiger partial charge in [0.1, 0.15) is 4.90 Å². The number of anilines is 1. The van der Waals surface area contributed by atoms with Gasteiger partial charge in [0.15, 0.2) is 0 Å². The Balaban J connectivity index is 1.24. The summed E-state index contributed by atoms with van der Waals surface area (Å²) in [4.78, 5) is 21.9. The zero-order valence-corrected chi connectivity index (χ0v) is 20.6. The van der Waals surface area contributed by atoms with E-state index in [1.807, 2.05) is 17.0 Å². The molecule has 0 spiro atoms. The molecule has 35 heavy (non-hydrogen) atoms. The molecular weight excluding hydrogens is 464 g/mol. The molecule has 0 radical (unpaired) electrons. The van der Waals surface area contributed by atoms with Crippen molar-refractivity contribution >= 4 is 32.5 Å². The molecule has 9 heteroatoms. The van der Waals surface area contributed by atoms with Gasteiger partial charge in [-0.3, -0.25) is 19.4 Å². The number of ether oxygens (including phenoxy) is 1. The lowest BCUT2D eigenvalue weighted by Crippen LogP contribution is -2.54. The SMILES string of the molecule is C[C@H]1CN(C[C@H]2CCOC2)CCN1C(=O)c1ccc(NS(=O)(=O)c2cccc3cccnc23)cc1. The van der Waals surface area contributed by atoms with E-state index in [1.54, 1.807) is 42.6 Å². The normalized spacial score (nSPS) is 21.3. The molecule has 3 heterocycles. The van der Waals surface area contributed by atoms with Crippen molar-refractivity contribution in [3.63, 3.8) is 0 Å². The minimum atomic E-state index is -3.84. The highest BCUT2D eigenvalue weighted by atomic mass is 32.2. The number of fused-ring (bicyclic) bond motifs is 1. The van der Waals surface area contributed by atoms with Crippen LogP contribution in [0.15, 0.2) is 65.7 Å². The fraction of sp³-hybridized carbons (Fsp3) is 0.385. The second-order valence-corrected chi connectivity index (χ2v) is 11.0. The number of para-hydroxylation sites is 1. The topological polar surface area (TPSA) is 91.8 Å². The van der Waals surface area contributed by atoms with Crippen molar-refractivity contribution in [1.82, 2.24) is 14.8 Å². The minimum Gasteiger partial charge on any atom is -0.381 e. The Labute approximate surface area is 205 Å². The Hall–Kier alpha value is -3.01. The number of benzene rings is 2. The van der Waals surface area contributed by atoms with Crippen molar-refractivity contribution in [3.8, 4) is 0 Å². The Morgan fingerprint density at radius 3 is 2.66 bits per heavy atom. The number of hydrogen-bond acceptors (Lipinski definition) is 6. The van der Waals surface area contributed by atoms with Crippen LogP contribution in [0.4, 0.5) is 5.69 Å². The van der Waals surface area contributed by atoms with Crippen molar-refractivity contribution in [2.45, 2.75) is 24.3 Å². The van der Waals surface area contributed by atoms with Gasteiger partial charge in [0.05, 0.1) is 12.1 Å². The van der Waals surface area contributed by atoms with Crippen molar-refractivity contribution < 1.29 is 17.9 Å². The Kier molecular flexibility index (Phi) is 6.73. The first kappa shape index (κ1) is 23.7. The van der Waals surface area contributed by atoms with Gasteiger partial charge in [-0.15, -0.1) is 0 Å². The predicted molar refractivity (Wildman–Crippen MR) is 135 cm³/mol. The molecule has 0 aliphatic carbocycles. The van der Waals surface area contributed by atoms with Crippen LogP contribution in [0.25, 0.3) is 10.9 Å². The highest BCUT2D eigenvalue weighted by molar-refractivity contribution is 7.93. The summed E-state index contributed by atoms with van der Waals surface area (Å²) in [6.45, 7) is 7.16. The van der Waals surface area contributed by atoms with E-state index in [4.69, 9.17) is 4.74 Å². The maximum atomic E-state index is 13.2. The summed E-state index contributed by atoms with van der Waals surface area (Å²) in [6.07, 6.45) is 2.69. The number of nitrogens with zero attached hydrogens (tertiary/aromatic N) is 3. The number of carbonyl (C=O) groups is 1. The van der Waals surface area contributed by atoms with Gasteiger partial charge in [-0.1, -0.05) is 18.2 Å². The smallest absolute Gasteiger partial charge is 0.264 e. The number of pyridine rings is 1.